The zero-order chi connectivity index (χ0) is 16.5. The van der Waals surface area contributed by atoms with E-state index in [9.17, 15) is 15.0 Å². The van der Waals surface area contributed by atoms with E-state index in [1.165, 1.54) is 0 Å². The lowest BCUT2D eigenvalue weighted by molar-refractivity contribution is -0.146. The molecule has 7 atom stereocenters. The van der Waals surface area contributed by atoms with Gasteiger partial charge in [0.15, 0.2) is 0 Å². The number of fused-ring (bicyclic) bond motifs is 5. The van der Waals surface area contributed by atoms with Crippen molar-refractivity contribution in [3.05, 3.63) is 0 Å². The van der Waals surface area contributed by atoms with Gasteiger partial charge in [-0.15, -0.1) is 0 Å². The Labute approximate surface area is 147 Å². The van der Waals surface area contributed by atoms with Gasteiger partial charge in [0.2, 0.25) is 0 Å². The maximum Gasteiger partial charge on any atom is 0.139 e. The van der Waals surface area contributed by atoms with Crippen molar-refractivity contribution >= 4 is 21.7 Å². The lowest BCUT2D eigenvalue weighted by Gasteiger charge is -2.64. The van der Waals surface area contributed by atoms with E-state index in [4.69, 9.17) is 0 Å². The highest BCUT2D eigenvalue weighted by Gasteiger charge is 2.65. The van der Waals surface area contributed by atoms with Gasteiger partial charge in [-0.05, 0) is 69.1 Å². The third-order valence-electron chi connectivity index (χ3n) is 8.39. The predicted molar refractivity (Wildman–Crippen MR) is 92.3 cm³/mol. The topological polar surface area (TPSA) is 57.5 Å². The molecule has 4 heteroatoms. The second kappa shape index (κ2) is 5.28. The molecule has 0 spiro atoms. The number of rotatable bonds is 1. The summed E-state index contributed by atoms with van der Waals surface area (Å²) in [6, 6.07) is 0. The first-order valence-corrected chi connectivity index (χ1v) is 10.2. The standard InChI is InChI=1S/C19H29BrO3/c1-17-7-6-15-13(14(17)2-3-16(17)23)5-9-19(20)10-12(22)4-8-18(15,19)11-21/h12-15,21-22H,2-11H2,1H3/t12-,13-,14-,15-,17-,18-,19+/m0/s1. The number of Topliss-reactive ketones (excluding diaryl/α,β-unsaturated/α-hetero) is 1. The zero-order valence-electron chi connectivity index (χ0n) is 14.1. The number of hydrogen-bond acceptors (Lipinski definition) is 3. The van der Waals surface area contributed by atoms with E-state index in [-0.39, 0.29) is 27.9 Å². The Kier molecular flexibility index (Phi) is 3.80. The number of aliphatic hydroxyl groups excluding tert-OH is 2. The van der Waals surface area contributed by atoms with Crippen molar-refractivity contribution < 1.29 is 15.0 Å². The zero-order valence-corrected chi connectivity index (χ0v) is 15.6. The Bertz CT molecular complexity index is 523. The molecule has 4 fully saturated rings. The van der Waals surface area contributed by atoms with Gasteiger partial charge in [0.25, 0.3) is 0 Å². The van der Waals surface area contributed by atoms with Crippen molar-refractivity contribution in [1.82, 2.24) is 0 Å². The van der Waals surface area contributed by atoms with Gasteiger partial charge in [0.05, 0.1) is 12.7 Å². The largest absolute Gasteiger partial charge is 0.396 e. The average molecular weight is 385 g/mol. The van der Waals surface area contributed by atoms with Crippen LogP contribution in [0.25, 0.3) is 0 Å². The molecule has 4 aliphatic rings. The lowest BCUT2D eigenvalue weighted by atomic mass is 9.44. The first kappa shape index (κ1) is 16.5. The van der Waals surface area contributed by atoms with E-state index >= 15 is 0 Å². The first-order valence-electron chi connectivity index (χ1n) is 9.37. The summed E-state index contributed by atoms with van der Waals surface area (Å²) < 4.78 is -0.121. The second-order valence-corrected chi connectivity index (χ2v) is 10.5. The highest BCUT2D eigenvalue weighted by molar-refractivity contribution is 9.10. The van der Waals surface area contributed by atoms with E-state index in [1.54, 1.807) is 0 Å². The molecule has 0 aliphatic heterocycles. The third-order valence-corrected chi connectivity index (χ3v) is 9.90. The molecule has 0 aromatic heterocycles. The van der Waals surface area contributed by atoms with E-state index in [2.05, 4.69) is 22.9 Å². The summed E-state index contributed by atoms with van der Waals surface area (Å²) >= 11 is 4.00. The minimum absolute atomic E-state index is 0.0989. The van der Waals surface area contributed by atoms with Crippen LogP contribution in [0.3, 0.4) is 0 Å². The van der Waals surface area contributed by atoms with Crippen molar-refractivity contribution in [3.63, 3.8) is 0 Å². The fourth-order valence-electron chi connectivity index (χ4n) is 7.08. The maximum absolute atomic E-state index is 12.5. The highest BCUT2D eigenvalue weighted by atomic mass is 79.9. The molecule has 0 bridgehead atoms. The van der Waals surface area contributed by atoms with Crippen molar-refractivity contribution in [2.45, 2.75) is 75.1 Å². The summed E-state index contributed by atoms with van der Waals surface area (Å²) in [6.07, 6.45) is 8.25. The van der Waals surface area contributed by atoms with Crippen LogP contribution >= 0.6 is 15.9 Å². The molecule has 3 nitrogen and oxygen atoms in total. The summed E-state index contributed by atoms with van der Waals surface area (Å²) in [4.78, 5) is 12.5. The maximum atomic E-state index is 12.5. The van der Waals surface area contributed by atoms with Crippen LogP contribution in [0.1, 0.15) is 64.7 Å². The summed E-state index contributed by atoms with van der Waals surface area (Å²) in [5.41, 5.74) is -0.208. The number of carbonyl (C=O) groups excluding carboxylic acids is 1. The van der Waals surface area contributed by atoms with Gasteiger partial charge in [0.1, 0.15) is 5.78 Å². The van der Waals surface area contributed by atoms with Crippen LogP contribution in [0, 0.1) is 28.6 Å². The van der Waals surface area contributed by atoms with Gasteiger partial charge in [0, 0.05) is 21.6 Å². The van der Waals surface area contributed by atoms with E-state index < -0.39 is 0 Å². The monoisotopic (exact) mass is 384 g/mol. The molecule has 0 unspecified atom stereocenters. The van der Waals surface area contributed by atoms with Crippen LogP contribution in [-0.2, 0) is 4.79 Å². The van der Waals surface area contributed by atoms with Gasteiger partial charge in [-0.3, -0.25) is 4.79 Å². The Morgan fingerprint density at radius 1 is 1.13 bits per heavy atom. The smallest absolute Gasteiger partial charge is 0.139 e. The fraction of sp³-hybridized carbons (Fsp3) is 0.947. The fourth-order valence-corrected chi connectivity index (χ4v) is 8.30. The third kappa shape index (κ3) is 2.04. The molecular formula is C19H29BrO3. The predicted octanol–water partition coefficient (Wildman–Crippen LogP) is 3.45. The number of hydrogen-bond donors (Lipinski definition) is 2. The van der Waals surface area contributed by atoms with Crippen LogP contribution in [-0.4, -0.2) is 33.0 Å². The van der Waals surface area contributed by atoms with Crippen molar-refractivity contribution in [2.24, 2.45) is 28.6 Å². The number of carbonyl (C=O) groups is 1. The highest BCUT2D eigenvalue weighted by Crippen LogP contribution is 2.68. The van der Waals surface area contributed by atoms with E-state index in [0.717, 1.165) is 57.8 Å². The molecule has 0 amide bonds. The minimum Gasteiger partial charge on any atom is -0.396 e. The van der Waals surface area contributed by atoms with Crippen LogP contribution in [0.4, 0.5) is 0 Å². The quantitative estimate of drug-likeness (QED) is 0.680. The van der Waals surface area contributed by atoms with Gasteiger partial charge >= 0.3 is 0 Å². The molecule has 0 aromatic rings. The van der Waals surface area contributed by atoms with Crippen LogP contribution in [0.5, 0.6) is 0 Å². The summed E-state index contributed by atoms with van der Waals surface area (Å²) in [5.74, 6) is 2.07. The summed E-state index contributed by atoms with van der Waals surface area (Å²) in [7, 11) is 0. The van der Waals surface area contributed by atoms with E-state index in [0.29, 0.717) is 23.5 Å². The molecule has 0 saturated heterocycles. The molecule has 2 N–H and O–H groups in total. The Balaban J connectivity index is 1.71. The number of halogens is 1. The minimum atomic E-state index is -0.243. The normalized spacial score (nSPS) is 55.9. The molecule has 0 aromatic carbocycles. The average Bonchev–Trinajstić information content (AvgIpc) is 2.82. The second-order valence-electron chi connectivity index (χ2n) is 9.01. The molecule has 130 valence electrons. The van der Waals surface area contributed by atoms with Gasteiger partial charge in [-0.1, -0.05) is 22.9 Å². The lowest BCUT2D eigenvalue weighted by Crippen LogP contribution is -2.63. The van der Waals surface area contributed by atoms with Crippen LogP contribution in [0.2, 0.25) is 0 Å². The molecular weight excluding hydrogens is 356 g/mol. The van der Waals surface area contributed by atoms with Crippen molar-refractivity contribution in [1.29, 1.82) is 0 Å². The molecule has 4 saturated carbocycles. The Morgan fingerprint density at radius 3 is 2.65 bits per heavy atom. The molecule has 0 radical (unpaired) electrons. The number of alkyl halides is 1. The van der Waals surface area contributed by atoms with Crippen LogP contribution < -0.4 is 0 Å². The Morgan fingerprint density at radius 2 is 1.91 bits per heavy atom. The van der Waals surface area contributed by atoms with Crippen molar-refractivity contribution in [2.75, 3.05) is 6.61 Å². The van der Waals surface area contributed by atoms with Gasteiger partial charge < -0.3 is 10.2 Å². The molecule has 23 heavy (non-hydrogen) atoms. The SMILES string of the molecule is C[C@]12CC[C@H]3[C@@H](CC[C@@]4(Br)C[C@@H](O)CC[C@]34CO)[C@@H]1CCC2=O. The number of aliphatic hydroxyl groups is 2. The summed E-state index contributed by atoms with van der Waals surface area (Å²) in [6.45, 7) is 2.42. The molecule has 4 rings (SSSR count). The van der Waals surface area contributed by atoms with Crippen LogP contribution in [0.15, 0.2) is 0 Å². The van der Waals surface area contributed by atoms with Gasteiger partial charge in [-0.2, -0.15) is 0 Å². The summed E-state index contributed by atoms with van der Waals surface area (Å²) in [5, 5.41) is 20.6. The van der Waals surface area contributed by atoms with Gasteiger partial charge in [-0.25, -0.2) is 0 Å². The van der Waals surface area contributed by atoms with E-state index in [1.807, 2.05) is 0 Å². The van der Waals surface area contributed by atoms with Crippen molar-refractivity contribution in [3.8, 4) is 0 Å². The Hall–Kier alpha value is 0.0700. The molecule has 4 aliphatic carbocycles. The first-order chi connectivity index (χ1) is 10.9. The molecule has 0 heterocycles. The number of ketones is 1.